The second-order valence-corrected chi connectivity index (χ2v) is 7.90. The number of nitrogens with zero attached hydrogens (tertiary/aromatic N) is 3. The third-order valence-electron chi connectivity index (χ3n) is 5.85. The summed E-state index contributed by atoms with van der Waals surface area (Å²) in [5, 5.41) is 16.1. The minimum Gasteiger partial charge on any atom is -0.461 e. The maximum Gasteiger partial charge on any atom is 0.351 e. The van der Waals surface area contributed by atoms with E-state index in [2.05, 4.69) is 15.6 Å². The summed E-state index contributed by atoms with van der Waals surface area (Å²) < 4.78 is 19.9. The number of esters is 1. The Kier molecular flexibility index (Phi) is 6.29. The first-order valence-electron chi connectivity index (χ1n) is 10.6. The van der Waals surface area contributed by atoms with E-state index in [1.807, 2.05) is 11.0 Å². The number of piperazine rings is 1. The summed E-state index contributed by atoms with van der Waals surface area (Å²) in [4.78, 5) is 19.3. The molecule has 1 saturated carbocycles. The molecule has 4 rings (SSSR count). The molecule has 2 aliphatic heterocycles. The number of halogens is 1. The number of hydrogen-bond acceptors (Lipinski definition) is 7. The van der Waals surface area contributed by atoms with Gasteiger partial charge in [-0.25, -0.2) is 14.2 Å². The molecule has 8 heteroatoms. The van der Waals surface area contributed by atoms with E-state index in [0.29, 0.717) is 37.1 Å². The Bertz CT molecular complexity index is 909. The van der Waals surface area contributed by atoms with Gasteiger partial charge in [-0.3, -0.25) is 0 Å². The lowest BCUT2D eigenvalue weighted by molar-refractivity contribution is -0.140. The molecule has 2 N–H and O–H groups in total. The number of hydrogen-bond donors (Lipinski definition) is 2. The second-order valence-electron chi connectivity index (χ2n) is 7.90. The van der Waals surface area contributed by atoms with Crippen LogP contribution in [0.25, 0.3) is 0 Å². The van der Waals surface area contributed by atoms with Gasteiger partial charge in [-0.1, -0.05) is 25.3 Å². The predicted molar refractivity (Wildman–Crippen MR) is 112 cm³/mol. The molecule has 1 aromatic carbocycles. The van der Waals surface area contributed by atoms with Gasteiger partial charge in [0.1, 0.15) is 17.5 Å². The molecule has 0 aromatic heterocycles. The third kappa shape index (κ3) is 4.31. The van der Waals surface area contributed by atoms with E-state index in [0.717, 1.165) is 38.8 Å². The van der Waals surface area contributed by atoms with Crippen molar-refractivity contribution in [3.8, 4) is 6.07 Å². The number of anilines is 1. The monoisotopic (exact) mass is 411 g/mol. The van der Waals surface area contributed by atoms with Crippen molar-refractivity contribution in [1.82, 2.24) is 10.2 Å². The minimum atomic E-state index is -0.659. The summed E-state index contributed by atoms with van der Waals surface area (Å²) in [6, 6.07) is 6.59. The highest BCUT2D eigenvalue weighted by atomic mass is 19.1. The van der Waals surface area contributed by atoms with E-state index in [1.165, 1.54) is 12.5 Å². The fourth-order valence-corrected chi connectivity index (χ4v) is 4.19. The third-order valence-corrected chi connectivity index (χ3v) is 5.85. The van der Waals surface area contributed by atoms with Crippen LogP contribution in [0.2, 0.25) is 0 Å². The lowest BCUT2D eigenvalue weighted by atomic mass is 9.90. The first-order valence-corrected chi connectivity index (χ1v) is 10.6. The van der Waals surface area contributed by atoms with Crippen molar-refractivity contribution >= 4 is 23.2 Å². The number of carbonyl (C=O) groups excluding carboxylic acids is 1. The Labute approximate surface area is 175 Å². The van der Waals surface area contributed by atoms with E-state index in [9.17, 15) is 14.4 Å². The van der Waals surface area contributed by atoms with Gasteiger partial charge >= 0.3 is 5.97 Å². The van der Waals surface area contributed by atoms with Crippen molar-refractivity contribution < 1.29 is 13.9 Å². The van der Waals surface area contributed by atoms with Crippen LogP contribution in [0, 0.1) is 23.1 Å². The number of nitriles is 1. The van der Waals surface area contributed by atoms with E-state index < -0.39 is 11.8 Å². The minimum absolute atomic E-state index is 0.127. The molecule has 2 heterocycles. The summed E-state index contributed by atoms with van der Waals surface area (Å²) >= 11 is 0. The summed E-state index contributed by atoms with van der Waals surface area (Å²) in [5.41, 5.74) is 0.767. The maximum atomic E-state index is 14.4. The van der Waals surface area contributed by atoms with Crippen molar-refractivity contribution in [1.29, 1.82) is 5.26 Å². The Morgan fingerprint density at radius 2 is 2.03 bits per heavy atom. The lowest BCUT2D eigenvalue weighted by Gasteiger charge is -2.34. The van der Waals surface area contributed by atoms with Gasteiger partial charge < -0.3 is 20.3 Å². The van der Waals surface area contributed by atoms with Crippen LogP contribution < -0.4 is 10.6 Å². The molecule has 1 aromatic rings. The largest absolute Gasteiger partial charge is 0.461 e. The van der Waals surface area contributed by atoms with E-state index in [4.69, 9.17) is 4.74 Å². The summed E-state index contributed by atoms with van der Waals surface area (Å²) in [6.07, 6.45) is 5.62. The molecule has 3 aliphatic rings. The number of ether oxygens (including phenoxy) is 1. The Morgan fingerprint density at radius 1 is 1.27 bits per heavy atom. The van der Waals surface area contributed by atoms with Gasteiger partial charge in [0.25, 0.3) is 0 Å². The smallest absolute Gasteiger partial charge is 0.351 e. The average Bonchev–Trinajstić information content (AvgIpc) is 2.79. The Balaban J connectivity index is 1.64. The first-order chi connectivity index (χ1) is 14.7. The van der Waals surface area contributed by atoms with Gasteiger partial charge in [-0.05, 0) is 30.9 Å². The molecule has 0 spiro atoms. The van der Waals surface area contributed by atoms with Gasteiger partial charge in [-0.2, -0.15) is 5.26 Å². The number of para-hydroxylation sites is 1. The lowest BCUT2D eigenvalue weighted by Crippen LogP contribution is -2.48. The molecular formula is C22H26FN5O2. The van der Waals surface area contributed by atoms with Gasteiger partial charge in [0.15, 0.2) is 17.2 Å². The van der Waals surface area contributed by atoms with Gasteiger partial charge in [0, 0.05) is 26.2 Å². The highest BCUT2D eigenvalue weighted by molar-refractivity contribution is 6.12. The normalized spacial score (nSPS) is 21.1. The van der Waals surface area contributed by atoms with E-state index >= 15 is 0 Å². The number of benzene rings is 1. The number of amidine groups is 1. The highest BCUT2D eigenvalue weighted by Gasteiger charge is 2.30. The van der Waals surface area contributed by atoms with Crippen LogP contribution in [0.4, 0.5) is 15.8 Å². The molecule has 2 fully saturated rings. The topological polar surface area (TPSA) is 89.8 Å². The quantitative estimate of drug-likeness (QED) is 0.451. The fraction of sp³-hybridized carbons (Fsp3) is 0.500. The summed E-state index contributed by atoms with van der Waals surface area (Å²) in [7, 11) is 0. The molecule has 0 unspecified atom stereocenters. The van der Waals surface area contributed by atoms with Crippen molar-refractivity contribution in [2.75, 3.05) is 38.1 Å². The summed E-state index contributed by atoms with van der Waals surface area (Å²) in [6.45, 7) is 3.09. The molecule has 158 valence electrons. The molecule has 30 heavy (non-hydrogen) atoms. The van der Waals surface area contributed by atoms with Crippen molar-refractivity contribution in [2.45, 2.75) is 32.1 Å². The molecule has 0 radical (unpaired) electrons. The molecule has 0 amide bonds. The Morgan fingerprint density at radius 3 is 2.77 bits per heavy atom. The van der Waals surface area contributed by atoms with Crippen molar-refractivity contribution in [2.24, 2.45) is 10.9 Å². The number of carbonyl (C=O) groups is 1. The predicted octanol–water partition coefficient (Wildman–Crippen LogP) is 3.09. The van der Waals surface area contributed by atoms with Crippen LogP contribution >= 0.6 is 0 Å². The number of aliphatic imine (C=N–C) groups is 1. The summed E-state index contributed by atoms with van der Waals surface area (Å²) in [5.74, 6) is -0.360. The van der Waals surface area contributed by atoms with Crippen LogP contribution in [0.15, 0.2) is 34.5 Å². The second kappa shape index (κ2) is 9.26. The molecule has 1 aliphatic carbocycles. The number of nitrogens with one attached hydrogen (secondary N) is 2. The van der Waals surface area contributed by atoms with Crippen LogP contribution in [-0.4, -0.2) is 49.5 Å². The van der Waals surface area contributed by atoms with Crippen LogP contribution in [0.3, 0.4) is 0 Å². The van der Waals surface area contributed by atoms with Gasteiger partial charge in [-0.15, -0.1) is 0 Å². The zero-order valence-corrected chi connectivity index (χ0v) is 16.9. The molecule has 0 bridgehead atoms. The van der Waals surface area contributed by atoms with Crippen LogP contribution in [0.5, 0.6) is 0 Å². The van der Waals surface area contributed by atoms with E-state index in [-0.39, 0.29) is 17.0 Å². The molecule has 7 nitrogen and oxygen atoms in total. The first kappa shape index (κ1) is 20.4. The SMILES string of the molecule is N#C/C(C(=O)OCC1CCCCC1)=C1/Nc2cccc(F)c2N=C1N1CCNCC1. The van der Waals surface area contributed by atoms with Crippen molar-refractivity contribution in [3.05, 3.63) is 35.3 Å². The van der Waals surface area contributed by atoms with E-state index in [1.54, 1.807) is 12.1 Å². The molecular weight excluding hydrogens is 385 g/mol. The van der Waals surface area contributed by atoms with Crippen molar-refractivity contribution in [3.63, 3.8) is 0 Å². The standard InChI is InChI=1S/C22H26FN5O2/c23-17-7-4-8-18-20(17)27-21(28-11-9-25-10-12-28)19(26-18)16(13-24)22(29)30-14-15-5-2-1-3-6-15/h4,7-8,15,25-26H,1-3,5-6,9-12,14H2/b19-16-. The zero-order chi connectivity index (χ0) is 20.9. The Hall–Kier alpha value is -2.92. The maximum absolute atomic E-state index is 14.4. The van der Waals surface area contributed by atoms with Crippen LogP contribution in [0.1, 0.15) is 32.1 Å². The van der Waals surface area contributed by atoms with Gasteiger partial charge in [0.05, 0.1) is 12.3 Å². The highest BCUT2D eigenvalue weighted by Crippen LogP contribution is 2.35. The molecule has 0 atom stereocenters. The molecule has 1 saturated heterocycles. The fourth-order valence-electron chi connectivity index (χ4n) is 4.19. The number of rotatable bonds is 3. The van der Waals surface area contributed by atoms with Gasteiger partial charge in [0.2, 0.25) is 0 Å². The van der Waals surface area contributed by atoms with Crippen LogP contribution in [-0.2, 0) is 9.53 Å². The zero-order valence-electron chi connectivity index (χ0n) is 16.9. The average molecular weight is 411 g/mol. The number of fused-ring (bicyclic) bond motifs is 1.